The Labute approximate surface area is 334 Å². The molecule has 7 aromatic carbocycles. The van der Waals surface area contributed by atoms with Crippen molar-refractivity contribution in [2.75, 3.05) is 4.90 Å². The number of aromatic nitrogens is 2. The van der Waals surface area contributed by atoms with Crippen LogP contribution < -0.4 is 4.90 Å². The van der Waals surface area contributed by atoms with E-state index in [1.807, 2.05) is 17.5 Å². The van der Waals surface area contributed by atoms with Gasteiger partial charge >= 0.3 is 0 Å². The summed E-state index contributed by atoms with van der Waals surface area (Å²) in [7, 11) is 0. The molecule has 3 nitrogen and oxygen atoms in total. The molecule has 57 heavy (non-hydrogen) atoms. The third-order valence-corrected chi connectivity index (χ3v) is 13.2. The van der Waals surface area contributed by atoms with Gasteiger partial charge in [0.05, 0.1) is 17.1 Å². The first-order valence-corrected chi connectivity index (χ1v) is 20.4. The number of hydrogen-bond acceptors (Lipinski definition) is 3. The number of nitrogens with zero attached hydrogens (tertiary/aromatic N) is 3. The first-order chi connectivity index (χ1) is 28.3. The lowest BCUT2D eigenvalue weighted by Gasteiger charge is -2.27. The maximum atomic E-state index is 5.11. The van der Waals surface area contributed by atoms with Crippen molar-refractivity contribution >= 4 is 64.8 Å². The van der Waals surface area contributed by atoms with E-state index < -0.39 is 0 Å². The number of anilines is 2. The lowest BCUT2D eigenvalue weighted by molar-refractivity contribution is 0.738. The van der Waals surface area contributed by atoms with Gasteiger partial charge in [-0.1, -0.05) is 133 Å². The minimum absolute atomic E-state index is 0.167. The molecular formula is C53H35N3S. The summed E-state index contributed by atoms with van der Waals surface area (Å²) in [6.07, 6.45) is 11.1. The number of rotatable bonds is 5. The number of fused-ring (bicyclic) bond motifs is 9. The molecule has 0 fully saturated rings. The van der Waals surface area contributed by atoms with Gasteiger partial charge in [-0.25, -0.2) is 4.98 Å². The van der Waals surface area contributed by atoms with Gasteiger partial charge < -0.3 is 9.47 Å². The molecule has 1 aliphatic carbocycles. The fourth-order valence-corrected chi connectivity index (χ4v) is 10.5. The highest BCUT2D eigenvalue weighted by molar-refractivity contribution is 7.26. The number of hydrogen-bond donors (Lipinski definition) is 0. The Kier molecular flexibility index (Phi) is 7.23. The Morgan fingerprint density at radius 1 is 0.491 bits per heavy atom. The molecule has 2 atom stereocenters. The second-order valence-corrected chi connectivity index (χ2v) is 16.2. The van der Waals surface area contributed by atoms with Crippen LogP contribution in [0.2, 0.25) is 0 Å². The molecule has 0 amide bonds. The van der Waals surface area contributed by atoms with Gasteiger partial charge in [0, 0.05) is 60.0 Å². The standard InChI is InChI=1S/C53H35N3S/c1-2-11-39(12-3-1)55-47-18-7-4-13-41(47)45-31-36(25-28-49(45)55)37-26-29-50-46(32-37)42-14-5-8-19-48(42)56(50)52-30-27-38(33-54-52)34-21-23-35(24-22-34)40-16-10-17-44-43-15-6-9-20-51(43)57-53(40)44/h1-33,42,48H. The van der Waals surface area contributed by atoms with Crippen LogP contribution in [0, 0.1) is 0 Å². The molecule has 268 valence electrons. The highest BCUT2D eigenvalue weighted by Crippen LogP contribution is 2.49. The highest BCUT2D eigenvalue weighted by Gasteiger charge is 2.38. The predicted molar refractivity (Wildman–Crippen MR) is 241 cm³/mol. The second-order valence-electron chi connectivity index (χ2n) is 15.1. The summed E-state index contributed by atoms with van der Waals surface area (Å²) in [6, 6.07) is 62.2. The number of pyridine rings is 1. The Morgan fingerprint density at radius 3 is 2.07 bits per heavy atom. The molecule has 0 bridgehead atoms. The molecule has 0 radical (unpaired) electrons. The molecule has 2 unspecified atom stereocenters. The molecule has 0 saturated heterocycles. The van der Waals surface area contributed by atoms with Crippen molar-refractivity contribution in [2.45, 2.75) is 12.0 Å². The van der Waals surface area contributed by atoms with Crippen molar-refractivity contribution in [2.24, 2.45) is 0 Å². The maximum absolute atomic E-state index is 5.11. The Hall–Kier alpha value is -7.01. The van der Waals surface area contributed by atoms with Crippen molar-refractivity contribution < 1.29 is 0 Å². The van der Waals surface area contributed by atoms with Crippen molar-refractivity contribution in [3.63, 3.8) is 0 Å². The van der Waals surface area contributed by atoms with Crippen LogP contribution in [0.25, 0.3) is 81.0 Å². The fourth-order valence-electron chi connectivity index (χ4n) is 9.31. The summed E-state index contributed by atoms with van der Waals surface area (Å²) in [5, 5.41) is 5.18. The van der Waals surface area contributed by atoms with E-state index in [4.69, 9.17) is 4.98 Å². The van der Waals surface area contributed by atoms with Gasteiger partial charge in [-0.05, 0) is 94.0 Å². The second kappa shape index (κ2) is 12.8. The Balaban J connectivity index is 0.870. The molecule has 1 aliphatic heterocycles. The summed E-state index contributed by atoms with van der Waals surface area (Å²) in [6.45, 7) is 0. The lowest BCUT2D eigenvalue weighted by atomic mass is 9.89. The maximum Gasteiger partial charge on any atom is 0.133 e. The molecule has 10 aromatic rings. The molecular weight excluding hydrogens is 711 g/mol. The number of para-hydroxylation sites is 2. The molecule has 0 saturated carbocycles. The number of thiophene rings is 1. The summed E-state index contributed by atoms with van der Waals surface area (Å²) in [5.74, 6) is 1.21. The number of benzene rings is 7. The van der Waals surface area contributed by atoms with E-state index in [1.165, 1.54) is 81.2 Å². The quantitative estimate of drug-likeness (QED) is 0.175. The molecule has 4 heterocycles. The predicted octanol–water partition coefficient (Wildman–Crippen LogP) is 14.3. The van der Waals surface area contributed by atoms with E-state index >= 15 is 0 Å². The third kappa shape index (κ3) is 5.08. The molecule has 2 aliphatic rings. The summed E-state index contributed by atoms with van der Waals surface area (Å²) < 4.78 is 5.05. The van der Waals surface area contributed by atoms with Gasteiger partial charge in [-0.2, -0.15) is 0 Å². The van der Waals surface area contributed by atoms with E-state index in [0.717, 1.165) is 16.9 Å². The van der Waals surface area contributed by atoms with Crippen LogP contribution in [0.15, 0.2) is 200 Å². The Morgan fingerprint density at radius 2 is 1.19 bits per heavy atom. The molecule has 0 spiro atoms. The van der Waals surface area contributed by atoms with Gasteiger partial charge in [-0.15, -0.1) is 11.3 Å². The van der Waals surface area contributed by atoms with E-state index in [1.54, 1.807) is 0 Å². The van der Waals surface area contributed by atoms with Gasteiger partial charge in [0.15, 0.2) is 0 Å². The van der Waals surface area contributed by atoms with Crippen LogP contribution in [0.3, 0.4) is 0 Å². The van der Waals surface area contributed by atoms with Gasteiger partial charge in [0.1, 0.15) is 5.82 Å². The van der Waals surface area contributed by atoms with Crippen molar-refractivity contribution in [3.05, 3.63) is 206 Å². The zero-order chi connectivity index (χ0) is 37.5. The average molecular weight is 746 g/mol. The van der Waals surface area contributed by atoms with E-state index in [-0.39, 0.29) is 12.0 Å². The van der Waals surface area contributed by atoms with E-state index in [9.17, 15) is 0 Å². The Bertz CT molecular complexity index is 3240. The molecule has 3 aromatic heterocycles. The van der Waals surface area contributed by atoms with Crippen molar-refractivity contribution in [3.8, 4) is 39.1 Å². The van der Waals surface area contributed by atoms with Gasteiger partial charge in [0.25, 0.3) is 0 Å². The summed E-state index contributed by atoms with van der Waals surface area (Å²) in [5.41, 5.74) is 13.4. The van der Waals surface area contributed by atoms with Crippen LogP contribution in [0.1, 0.15) is 11.5 Å². The molecule has 4 heteroatoms. The van der Waals surface area contributed by atoms with Crippen LogP contribution in [-0.2, 0) is 0 Å². The first-order valence-electron chi connectivity index (χ1n) is 19.6. The SMILES string of the molecule is C1=CC2c3cc(-c4ccc5c(c4)c4ccccc4n5-c4ccccc4)ccc3N(c3ccc(-c4ccc(-c5cccc6c5sc5ccccc56)cc4)cn3)C2C=C1. The molecule has 0 N–H and O–H groups in total. The monoisotopic (exact) mass is 745 g/mol. The van der Waals surface area contributed by atoms with Crippen LogP contribution >= 0.6 is 11.3 Å². The van der Waals surface area contributed by atoms with Crippen molar-refractivity contribution in [1.29, 1.82) is 0 Å². The smallest absolute Gasteiger partial charge is 0.133 e. The lowest BCUT2D eigenvalue weighted by Crippen LogP contribution is -2.29. The molecule has 12 rings (SSSR count). The number of allylic oxidation sites excluding steroid dienone is 2. The largest absolute Gasteiger partial charge is 0.318 e. The van der Waals surface area contributed by atoms with Gasteiger partial charge in [-0.3, -0.25) is 0 Å². The van der Waals surface area contributed by atoms with E-state index in [2.05, 4.69) is 204 Å². The van der Waals surface area contributed by atoms with Crippen molar-refractivity contribution in [1.82, 2.24) is 9.55 Å². The summed E-state index contributed by atoms with van der Waals surface area (Å²) >= 11 is 1.88. The highest BCUT2D eigenvalue weighted by atomic mass is 32.1. The summed E-state index contributed by atoms with van der Waals surface area (Å²) in [4.78, 5) is 7.53. The van der Waals surface area contributed by atoms with Crippen LogP contribution in [-0.4, -0.2) is 15.6 Å². The third-order valence-electron chi connectivity index (χ3n) is 12.0. The normalized spacial score (nSPS) is 15.9. The average Bonchev–Trinajstić information content (AvgIpc) is 3.94. The zero-order valence-electron chi connectivity index (χ0n) is 31.0. The first kappa shape index (κ1) is 32.3. The fraction of sp³-hybridized carbons (Fsp3) is 0.0377. The minimum atomic E-state index is 0.167. The van der Waals surface area contributed by atoms with Gasteiger partial charge in [0.2, 0.25) is 0 Å². The zero-order valence-corrected chi connectivity index (χ0v) is 31.8. The minimum Gasteiger partial charge on any atom is -0.318 e. The van der Waals surface area contributed by atoms with E-state index in [0.29, 0.717) is 0 Å². The topological polar surface area (TPSA) is 21.1 Å². The van der Waals surface area contributed by atoms with Crippen LogP contribution in [0.5, 0.6) is 0 Å². The van der Waals surface area contributed by atoms with Crippen LogP contribution in [0.4, 0.5) is 11.5 Å².